The maximum absolute atomic E-state index is 3.31. The fourth-order valence-electron chi connectivity index (χ4n) is 3.75. The van der Waals surface area contributed by atoms with Gasteiger partial charge in [0.15, 0.2) is 0 Å². The predicted molar refractivity (Wildman–Crippen MR) is 113 cm³/mol. The molecule has 26 heavy (non-hydrogen) atoms. The van der Waals surface area contributed by atoms with Crippen molar-refractivity contribution in [1.29, 1.82) is 0 Å². The molecule has 1 N–H and O–H groups in total. The van der Waals surface area contributed by atoms with Gasteiger partial charge in [-0.3, -0.25) is 0 Å². The molecule has 0 amide bonds. The molecule has 0 atom stereocenters. The minimum atomic E-state index is -3.31. The summed E-state index contributed by atoms with van der Waals surface area (Å²) in [6.07, 6.45) is 0. The van der Waals surface area contributed by atoms with Gasteiger partial charge in [0.25, 0.3) is 0 Å². The van der Waals surface area contributed by atoms with Crippen LogP contribution in [0, 0.1) is 0 Å². The molecular formula is C24H22OSb-. The first-order chi connectivity index (χ1) is 12.4. The Morgan fingerprint density at radius 3 is 0.692 bits per heavy atom. The van der Waals surface area contributed by atoms with Crippen LogP contribution in [0.25, 0.3) is 0 Å². The van der Waals surface area contributed by atoms with Gasteiger partial charge < -0.3 is 5.48 Å². The average Bonchev–Trinajstić information content (AvgIpc) is 2.72. The van der Waals surface area contributed by atoms with Crippen molar-refractivity contribution in [3.63, 3.8) is 0 Å². The molecule has 0 aliphatic heterocycles. The monoisotopic (exact) mass is 447 g/mol. The molecular weight excluding hydrogens is 426 g/mol. The molecule has 0 aromatic heterocycles. The zero-order valence-corrected chi connectivity index (χ0v) is 17.3. The normalized spacial score (nSPS) is 11.4. The SMILES string of the molecule is [OH-].c1cc[c]([SbH]([c]2ccccc2)([c]2ccccc2)[c]2ccccc2)cc1. The summed E-state index contributed by atoms with van der Waals surface area (Å²) in [5.74, 6) is 0. The van der Waals surface area contributed by atoms with E-state index in [-0.39, 0.29) is 5.48 Å². The van der Waals surface area contributed by atoms with E-state index >= 15 is 0 Å². The number of benzene rings is 4. The molecule has 4 aromatic rings. The van der Waals surface area contributed by atoms with Gasteiger partial charge >= 0.3 is 154 Å². The summed E-state index contributed by atoms with van der Waals surface area (Å²) in [6, 6.07) is 44.4. The molecule has 2 heteroatoms. The molecule has 4 rings (SSSR count). The maximum atomic E-state index is 2.32. The van der Waals surface area contributed by atoms with Crippen LogP contribution < -0.4 is 14.0 Å². The van der Waals surface area contributed by atoms with E-state index in [1.807, 2.05) is 0 Å². The van der Waals surface area contributed by atoms with E-state index in [9.17, 15) is 0 Å². The molecule has 0 saturated heterocycles. The predicted octanol–water partition coefficient (Wildman–Crippen LogP) is 2.62. The third-order valence-corrected chi connectivity index (χ3v) is 18.5. The molecule has 0 spiro atoms. The Labute approximate surface area is 159 Å². The van der Waals surface area contributed by atoms with E-state index in [1.54, 1.807) is 0 Å². The van der Waals surface area contributed by atoms with Crippen LogP contribution >= 0.6 is 0 Å². The molecule has 0 heterocycles. The van der Waals surface area contributed by atoms with Gasteiger partial charge in [-0.2, -0.15) is 0 Å². The van der Waals surface area contributed by atoms with Gasteiger partial charge in [-0.05, 0) is 0 Å². The first-order valence-corrected chi connectivity index (χ1v) is 14.4. The Hall–Kier alpha value is -2.34. The third kappa shape index (κ3) is 3.21. The first-order valence-electron chi connectivity index (χ1n) is 8.64. The molecule has 0 fully saturated rings. The summed E-state index contributed by atoms with van der Waals surface area (Å²) in [6.45, 7) is 0. The minimum absolute atomic E-state index is 0. The molecule has 0 aliphatic rings. The van der Waals surface area contributed by atoms with Crippen molar-refractivity contribution in [2.24, 2.45) is 0 Å². The number of hydrogen-bond acceptors (Lipinski definition) is 1. The molecule has 130 valence electrons. The Morgan fingerprint density at radius 2 is 0.500 bits per heavy atom. The summed E-state index contributed by atoms with van der Waals surface area (Å²) in [4.78, 5) is 0. The molecule has 0 bridgehead atoms. The van der Waals surface area contributed by atoms with E-state index in [0.717, 1.165) is 0 Å². The van der Waals surface area contributed by atoms with Crippen LogP contribution in [0.3, 0.4) is 0 Å². The Balaban J connectivity index is 0.00000196. The van der Waals surface area contributed by atoms with Crippen molar-refractivity contribution < 1.29 is 5.48 Å². The van der Waals surface area contributed by atoms with Gasteiger partial charge in [-0.15, -0.1) is 0 Å². The fraction of sp³-hybridized carbons (Fsp3) is 0. The van der Waals surface area contributed by atoms with Gasteiger partial charge in [0.05, 0.1) is 0 Å². The first kappa shape index (κ1) is 18.4. The third-order valence-electron chi connectivity index (χ3n) is 4.83. The summed E-state index contributed by atoms with van der Waals surface area (Å²) in [5.41, 5.74) is 0. The van der Waals surface area contributed by atoms with E-state index in [1.165, 1.54) is 14.0 Å². The van der Waals surface area contributed by atoms with Crippen LogP contribution in [0.4, 0.5) is 0 Å². The molecule has 0 radical (unpaired) electrons. The fourth-order valence-corrected chi connectivity index (χ4v) is 17.4. The van der Waals surface area contributed by atoms with E-state index in [0.29, 0.717) is 0 Å². The Kier molecular flexibility index (Phi) is 5.93. The standard InChI is InChI=1S/4C6H5.H2O.Sb.H/c4*1-2-4-6-5-3-1;;;/h4*1-5H;1H2;;/p-1. The van der Waals surface area contributed by atoms with Gasteiger partial charge in [-0.25, -0.2) is 0 Å². The second-order valence-corrected chi connectivity index (χ2v) is 17.1. The average molecular weight is 448 g/mol. The zero-order chi connectivity index (χ0) is 17.0. The summed E-state index contributed by atoms with van der Waals surface area (Å²) in [5, 5.41) is 0. The molecule has 0 aliphatic carbocycles. The second kappa shape index (κ2) is 8.36. The Bertz CT molecular complexity index is 759. The van der Waals surface area contributed by atoms with Crippen LogP contribution in [0.2, 0.25) is 0 Å². The van der Waals surface area contributed by atoms with Crippen molar-refractivity contribution in [1.82, 2.24) is 0 Å². The van der Waals surface area contributed by atoms with Crippen LogP contribution in [0.1, 0.15) is 0 Å². The van der Waals surface area contributed by atoms with Crippen molar-refractivity contribution in [3.8, 4) is 0 Å². The van der Waals surface area contributed by atoms with Gasteiger partial charge in [0.2, 0.25) is 0 Å². The molecule has 0 unspecified atom stereocenters. The van der Waals surface area contributed by atoms with E-state index in [4.69, 9.17) is 0 Å². The van der Waals surface area contributed by atoms with Gasteiger partial charge in [0, 0.05) is 0 Å². The topological polar surface area (TPSA) is 30.0 Å². The zero-order valence-electron chi connectivity index (χ0n) is 14.5. The Morgan fingerprint density at radius 1 is 0.308 bits per heavy atom. The molecule has 4 aromatic carbocycles. The van der Waals surface area contributed by atoms with Crippen LogP contribution in [0.15, 0.2) is 121 Å². The summed E-state index contributed by atoms with van der Waals surface area (Å²) < 4.78 is 5.95. The summed E-state index contributed by atoms with van der Waals surface area (Å²) in [7, 11) is 0. The quantitative estimate of drug-likeness (QED) is 0.442. The van der Waals surface area contributed by atoms with Crippen LogP contribution in [-0.2, 0) is 0 Å². The number of rotatable bonds is 4. The van der Waals surface area contributed by atoms with Crippen molar-refractivity contribution in [2.75, 3.05) is 0 Å². The van der Waals surface area contributed by atoms with Crippen molar-refractivity contribution in [2.45, 2.75) is 0 Å². The van der Waals surface area contributed by atoms with E-state index in [2.05, 4.69) is 121 Å². The van der Waals surface area contributed by atoms with Crippen LogP contribution in [0.5, 0.6) is 0 Å². The molecule has 1 nitrogen and oxygen atoms in total. The van der Waals surface area contributed by atoms with Gasteiger partial charge in [-0.1, -0.05) is 0 Å². The second-order valence-electron chi connectivity index (χ2n) is 6.21. The van der Waals surface area contributed by atoms with Gasteiger partial charge in [0.1, 0.15) is 0 Å². The van der Waals surface area contributed by atoms with E-state index < -0.39 is 18.8 Å². The summed E-state index contributed by atoms with van der Waals surface area (Å²) >= 11 is -3.31. The molecule has 0 saturated carbocycles. The van der Waals surface area contributed by atoms with Crippen LogP contribution in [-0.4, -0.2) is 24.3 Å². The number of hydrogen-bond donors (Lipinski definition) is 0. The van der Waals surface area contributed by atoms with Crippen molar-refractivity contribution >= 4 is 32.8 Å². The van der Waals surface area contributed by atoms with Crippen molar-refractivity contribution in [3.05, 3.63) is 121 Å².